The van der Waals surface area contributed by atoms with Gasteiger partial charge in [0.05, 0.1) is 24.7 Å². The monoisotopic (exact) mass is 287 g/mol. The van der Waals surface area contributed by atoms with Gasteiger partial charge in [0.1, 0.15) is 5.52 Å². The van der Waals surface area contributed by atoms with Gasteiger partial charge in [-0.05, 0) is 49.7 Å². The molecule has 0 spiro atoms. The number of carbonyl (C=O) groups excluding carboxylic acids is 1. The van der Waals surface area contributed by atoms with Crippen molar-refractivity contribution in [3.63, 3.8) is 0 Å². The minimum absolute atomic E-state index is 0.0496. The molecule has 0 unspecified atom stereocenters. The Labute approximate surface area is 124 Å². The molecule has 0 amide bonds. The van der Waals surface area contributed by atoms with Gasteiger partial charge in [-0.15, -0.1) is 0 Å². The van der Waals surface area contributed by atoms with Gasteiger partial charge in [0.25, 0.3) is 0 Å². The number of ether oxygens (including phenoxy) is 1. The maximum Gasteiger partial charge on any atom is 0.308 e. The first kappa shape index (κ1) is 14.0. The predicted molar refractivity (Wildman–Crippen MR) is 79.7 cm³/mol. The van der Waals surface area contributed by atoms with Crippen LogP contribution in [0.15, 0.2) is 18.5 Å². The molecule has 1 aliphatic carbocycles. The van der Waals surface area contributed by atoms with E-state index in [1.807, 2.05) is 17.9 Å². The van der Waals surface area contributed by atoms with Crippen molar-refractivity contribution < 1.29 is 9.53 Å². The average Bonchev–Trinajstić information content (AvgIpc) is 2.88. The highest BCUT2D eigenvalue weighted by molar-refractivity contribution is 5.74. The third kappa shape index (κ3) is 2.91. The molecular formula is C16H21N3O2. The number of pyridine rings is 1. The smallest absolute Gasteiger partial charge is 0.308 e. The molecular weight excluding hydrogens is 266 g/mol. The maximum atomic E-state index is 11.5. The molecule has 2 heterocycles. The van der Waals surface area contributed by atoms with Crippen LogP contribution in [0.3, 0.4) is 0 Å². The lowest BCUT2D eigenvalue weighted by atomic mass is 9.79. The minimum Gasteiger partial charge on any atom is -0.469 e. The Hall–Kier alpha value is -1.91. The van der Waals surface area contributed by atoms with Crippen LogP contribution >= 0.6 is 0 Å². The van der Waals surface area contributed by atoms with Crippen LogP contribution in [0, 0.1) is 11.8 Å². The van der Waals surface area contributed by atoms with Gasteiger partial charge < -0.3 is 4.74 Å². The van der Waals surface area contributed by atoms with E-state index >= 15 is 0 Å². The minimum atomic E-state index is -0.0496. The van der Waals surface area contributed by atoms with Gasteiger partial charge in [0.2, 0.25) is 0 Å². The normalized spacial score (nSPS) is 22.4. The summed E-state index contributed by atoms with van der Waals surface area (Å²) in [6.45, 7) is 0. The highest BCUT2D eigenvalue weighted by atomic mass is 16.5. The van der Waals surface area contributed by atoms with E-state index < -0.39 is 0 Å². The summed E-state index contributed by atoms with van der Waals surface area (Å²) in [4.78, 5) is 16.0. The number of fused-ring (bicyclic) bond motifs is 1. The first-order chi connectivity index (χ1) is 10.2. The molecule has 0 aliphatic heterocycles. The quantitative estimate of drug-likeness (QED) is 0.814. The summed E-state index contributed by atoms with van der Waals surface area (Å²) in [5, 5.41) is 4.23. The molecule has 5 heteroatoms. The first-order valence-electron chi connectivity index (χ1n) is 7.52. The molecule has 1 fully saturated rings. The topological polar surface area (TPSA) is 57.0 Å². The molecule has 2 aromatic heterocycles. The molecule has 0 bridgehead atoms. The van der Waals surface area contributed by atoms with E-state index in [0.29, 0.717) is 5.92 Å². The molecule has 0 aromatic carbocycles. The maximum absolute atomic E-state index is 11.5. The Morgan fingerprint density at radius 1 is 1.33 bits per heavy atom. The lowest BCUT2D eigenvalue weighted by molar-refractivity contribution is -0.146. The standard InChI is InChI=1S/C16H21N3O2/c1-19-15-8-12(9-17-14(15)10-18-19)7-11-3-5-13(6-4-11)16(20)21-2/h8-11,13H,3-7H2,1-2H3. The Kier molecular flexibility index (Phi) is 3.90. The fourth-order valence-corrected chi connectivity index (χ4v) is 3.28. The van der Waals surface area contributed by atoms with Crippen molar-refractivity contribution >= 4 is 17.0 Å². The van der Waals surface area contributed by atoms with Crippen LogP contribution in [0.2, 0.25) is 0 Å². The van der Waals surface area contributed by atoms with Crippen LogP contribution in [0.25, 0.3) is 11.0 Å². The van der Waals surface area contributed by atoms with E-state index in [9.17, 15) is 4.79 Å². The van der Waals surface area contributed by atoms with Gasteiger partial charge in [-0.1, -0.05) is 0 Å². The van der Waals surface area contributed by atoms with E-state index in [1.165, 1.54) is 12.7 Å². The molecule has 0 radical (unpaired) electrons. The lowest BCUT2D eigenvalue weighted by Crippen LogP contribution is -2.23. The van der Waals surface area contributed by atoms with Gasteiger partial charge in [-0.2, -0.15) is 5.10 Å². The zero-order valence-electron chi connectivity index (χ0n) is 12.6. The Balaban J connectivity index is 1.64. The van der Waals surface area contributed by atoms with Crippen LogP contribution in [0.1, 0.15) is 31.2 Å². The Morgan fingerprint density at radius 2 is 2.10 bits per heavy atom. The van der Waals surface area contributed by atoms with Crippen LogP contribution in [-0.2, 0) is 23.0 Å². The number of hydrogen-bond donors (Lipinski definition) is 0. The molecule has 0 N–H and O–H groups in total. The summed E-state index contributed by atoms with van der Waals surface area (Å²) < 4.78 is 6.70. The SMILES string of the molecule is COC(=O)C1CCC(Cc2cnc3cnn(C)c3c2)CC1. The number of esters is 1. The molecule has 112 valence electrons. The zero-order valence-corrected chi connectivity index (χ0v) is 12.6. The molecule has 3 rings (SSSR count). The van der Waals surface area contributed by atoms with Crippen molar-refractivity contribution in [1.29, 1.82) is 0 Å². The van der Waals surface area contributed by atoms with Crippen molar-refractivity contribution in [1.82, 2.24) is 14.8 Å². The number of aryl methyl sites for hydroxylation is 1. The Morgan fingerprint density at radius 3 is 2.81 bits per heavy atom. The molecule has 0 saturated heterocycles. The lowest BCUT2D eigenvalue weighted by Gasteiger charge is -2.26. The zero-order chi connectivity index (χ0) is 14.8. The van der Waals surface area contributed by atoms with Crippen molar-refractivity contribution in [2.45, 2.75) is 32.1 Å². The molecule has 21 heavy (non-hydrogen) atoms. The second-order valence-electron chi connectivity index (χ2n) is 5.96. The highest BCUT2D eigenvalue weighted by Crippen LogP contribution is 2.31. The summed E-state index contributed by atoms with van der Waals surface area (Å²) in [6.07, 6.45) is 8.84. The Bertz CT molecular complexity index is 642. The van der Waals surface area contributed by atoms with E-state index in [0.717, 1.165) is 43.1 Å². The highest BCUT2D eigenvalue weighted by Gasteiger charge is 2.26. The average molecular weight is 287 g/mol. The molecule has 1 saturated carbocycles. The number of aromatic nitrogens is 3. The molecule has 5 nitrogen and oxygen atoms in total. The summed E-state index contributed by atoms with van der Waals surface area (Å²) in [7, 11) is 3.42. The third-order valence-corrected chi connectivity index (χ3v) is 4.56. The molecule has 1 aliphatic rings. The van der Waals surface area contributed by atoms with Crippen molar-refractivity contribution in [3.05, 3.63) is 24.0 Å². The summed E-state index contributed by atoms with van der Waals surface area (Å²) >= 11 is 0. The number of carbonyl (C=O) groups is 1. The van der Waals surface area contributed by atoms with Gasteiger partial charge in [-0.3, -0.25) is 14.5 Å². The van der Waals surface area contributed by atoms with Gasteiger partial charge in [0.15, 0.2) is 0 Å². The number of methoxy groups -OCH3 is 1. The van der Waals surface area contributed by atoms with Crippen LogP contribution in [-0.4, -0.2) is 27.8 Å². The second kappa shape index (κ2) is 5.84. The fraction of sp³-hybridized carbons (Fsp3) is 0.562. The number of rotatable bonds is 3. The fourth-order valence-electron chi connectivity index (χ4n) is 3.28. The van der Waals surface area contributed by atoms with Crippen molar-refractivity contribution in [3.8, 4) is 0 Å². The van der Waals surface area contributed by atoms with Crippen LogP contribution in [0.4, 0.5) is 0 Å². The predicted octanol–water partition coefficient (Wildman–Crippen LogP) is 2.49. The number of hydrogen-bond acceptors (Lipinski definition) is 4. The second-order valence-corrected chi connectivity index (χ2v) is 5.96. The molecule has 0 atom stereocenters. The van der Waals surface area contributed by atoms with Crippen LogP contribution < -0.4 is 0 Å². The van der Waals surface area contributed by atoms with E-state index in [4.69, 9.17) is 4.74 Å². The summed E-state index contributed by atoms with van der Waals surface area (Å²) in [6, 6.07) is 2.18. The van der Waals surface area contributed by atoms with E-state index in [-0.39, 0.29) is 11.9 Å². The number of nitrogens with zero attached hydrogens (tertiary/aromatic N) is 3. The van der Waals surface area contributed by atoms with Gasteiger partial charge in [-0.25, -0.2) is 0 Å². The van der Waals surface area contributed by atoms with E-state index in [2.05, 4.69) is 16.1 Å². The summed E-state index contributed by atoms with van der Waals surface area (Å²) in [5.41, 5.74) is 3.28. The largest absolute Gasteiger partial charge is 0.469 e. The van der Waals surface area contributed by atoms with Crippen molar-refractivity contribution in [2.24, 2.45) is 18.9 Å². The van der Waals surface area contributed by atoms with Crippen molar-refractivity contribution in [2.75, 3.05) is 7.11 Å². The van der Waals surface area contributed by atoms with Gasteiger partial charge in [0, 0.05) is 13.2 Å². The molecule has 2 aromatic rings. The van der Waals surface area contributed by atoms with Gasteiger partial charge >= 0.3 is 5.97 Å². The first-order valence-corrected chi connectivity index (χ1v) is 7.52. The van der Waals surface area contributed by atoms with Crippen LogP contribution in [0.5, 0.6) is 0 Å². The summed E-state index contributed by atoms with van der Waals surface area (Å²) in [5.74, 6) is 0.689. The van der Waals surface area contributed by atoms with E-state index in [1.54, 1.807) is 6.20 Å². The third-order valence-electron chi connectivity index (χ3n) is 4.56.